The molecule has 0 aliphatic heterocycles. The molecule has 11 heteroatoms. The highest BCUT2D eigenvalue weighted by atomic mass is 32.2. The van der Waals surface area contributed by atoms with Crippen LogP contribution in [0, 0.1) is 13.8 Å². The fraction of sp³-hybridized carbons (Fsp3) is 0.278. The number of rotatable bonds is 6. The van der Waals surface area contributed by atoms with Crippen LogP contribution >= 0.6 is 0 Å². The number of nitrogens with one attached hydrogen (secondary N) is 2. The Balaban J connectivity index is 2.08. The van der Waals surface area contributed by atoms with Crippen LogP contribution in [0.2, 0.25) is 0 Å². The Bertz CT molecular complexity index is 1060. The summed E-state index contributed by atoms with van der Waals surface area (Å²) in [6, 6.07) is 5.18. The van der Waals surface area contributed by atoms with E-state index in [0.717, 1.165) is 0 Å². The molecule has 10 nitrogen and oxygen atoms in total. The summed E-state index contributed by atoms with van der Waals surface area (Å²) >= 11 is 0. The van der Waals surface area contributed by atoms with E-state index in [9.17, 15) is 22.8 Å². The minimum Gasteiger partial charge on any atom is -0.465 e. The molecule has 1 aromatic heterocycles. The lowest BCUT2D eigenvalue weighted by atomic mass is 10.1. The van der Waals surface area contributed by atoms with E-state index in [1.165, 1.54) is 38.3 Å². The molecule has 1 heterocycles. The number of H-pyrrole nitrogens is 1. The molecule has 0 saturated carbocycles. The van der Waals surface area contributed by atoms with Crippen molar-refractivity contribution in [3.8, 4) is 0 Å². The van der Waals surface area contributed by atoms with Gasteiger partial charge >= 0.3 is 11.9 Å². The third kappa shape index (κ3) is 5.00. The topological polar surface area (TPSA) is 158 Å². The van der Waals surface area contributed by atoms with Gasteiger partial charge in [0, 0.05) is 11.4 Å². The first-order valence-electron chi connectivity index (χ1n) is 8.38. The summed E-state index contributed by atoms with van der Waals surface area (Å²) in [5, 5.41) is 7.51. The number of aryl methyl sites for hydroxylation is 1. The third-order valence-electron chi connectivity index (χ3n) is 4.13. The maximum Gasteiger partial charge on any atom is 0.355 e. The highest BCUT2D eigenvalue weighted by Crippen LogP contribution is 2.20. The first-order chi connectivity index (χ1) is 13.5. The number of hydrogen-bond donors (Lipinski definition) is 3. The number of benzene rings is 1. The predicted octanol–water partition coefficient (Wildman–Crippen LogP) is 1.25. The van der Waals surface area contributed by atoms with E-state index in [-0.39, 0.29) is 16.2 Å². The molecule has 0 unspecified atom stereocenters. The average Bonchev–Trinajstić information content (AvgIpc) is 2.95. The molecule has 156 valence electrons. The monoisotopic (exact) mass is 423 g/mol. The van der Waals surface area contributed by atoms with Crippen molar-refractivity contribution in [2.75, 3.05) is 12.4 Å². The summed E-state index contributed by atoms with van der Waals surface area (Å²) in [5.41, 5.74) is 1.36. The van der Waals surface area contributed by atoms with Gasteiger partial charge in [-0.25, -0.2) is 23.1 Å². The lowest BCUT2D eigenvalue weighted by molar-refractivity contribution is -0.123. The lowest BCUT2D eigenvalue weighted by Gasteiger charge is -2.13. The first-order valence-corrected chi connectivity index (χ1v) is 9.92. The Labute approximate surface area is 167 Å². The van der Waals surface area contributed by atoms with Crippen molar-refractivity contribution < 1.29 is 32.3 Å². The molecule has 0 aliphatic carbocycles. The Morgan fingerprint density at radius 3 is 2.21 bits per heavy atom. The number of anilines is 1. The maximum atomic E-state index is 12.4. The minimum absolute atomic E-state index is 0.0417. The molecule has 1 atom stereocenters. The van der Waals surface area contributed by atoms with Crippen LogP contribution in [0.1, 0.15) is 39.0 Å². The van der Waals surface area contributed by atoms with Crippen LogP contribution in [-0.2, 0) is 24.3 Å². The molecule has 4 N–H and O–H groups in total. The number of methoxy groups -OCH3 is 1. The van der Waals surface area contributed by atoms with Gasteiger partial charge in [-0.2, -0.15) is 0 Å². The van der Waals surface area contributed by atoms with Crippen LogP contribution in [-0.4, -0.2) is 44.5 Å². The van der Waals surface area contributed by atoms with Crippen molar-refractivity contribution >= 4 is 33.6 Å². The van der Waals surface area contributed by atoms with Crippen LogP contribution in [0.4, 0.5) is 5.69 Å². The first kappa shape index (κ1) is 22.1. The van der Waals surface area contributed by atoms with Crippen molar-refractivity contribution in [2.24, 2.45) is 5.14 Å². The highest BCUT2D eigenvalue weighted by molar-refractivity contribution is 7.89. The number of esters is 2. The molecule has 2 rings (SSSR count). The minimum atomic E-state index is -3.84. The fourth-order valence-corrected chi connectivity index (χ4v) is 3.12. The van der Waals surface area contributed by atoms with Gasteiger partial charge in [-0.3, -0.25) is 4.79 Å². The largest absolute Gasteiger partial charge is 0.465 e. The molecule has 1 aromatic carbocycles. The predicted molar refractivity (Wildman–Crippen MR) is 103 cm³/mol. The zero-order chi connectivity index (χ0) is 21.9. The average molecular weight is 423 g/mol. The zero-order valence-electron chi connectivity index (χ0n) is 16.2. The molecule has 0 bridgehead atoms. The van der Waals surface area contributed by atoms with E-state index in [0.29, 0.717) is 16.9 Å². The van der Waals surface area contributed by atoms with Crippen LogP contribution in [0.3, 0.4) is 0 Å². The summed E-state index contributed by atoms with van der Waals surface area (Å²) < 4.78 is 32.3. The maximum absolute atomic E-state index is 12.4. The van der Waals surface area contributed by atoms with Gasteiger partial charge in [0.05, 0.1) is 17.6 Å². The molecule has 0 radical (unpaired) electrons. The van der Waals surface area contributed by atoms with Gasteiger partial charge in [-0.05, 0) is 50.6 Å². The molecule has 0 fully saturated rings. The number of amides is 1. The SMILES string of the molecule is COC(=O)c1c(C)[nH]c(C(=O)O[C@H](C)C(=O)Nc2ccc(S(N)(=O)=O)cc2)c1C. The van der Waals surface area contributed by atoms with Gasteiger partial charge in [0.15, 0.2) is 6.10 Å². The van der Waals surface area contributed by atoms with Crippen molar-refractivity contribution in [2.45, 2.75) is 31.8 Å². The van der Waals surface area contributed by atoms with Crippen molar-refractivity contribution in [1.82, 2.24) is 4.98 Å². The van der Waals surface area contributed by atoms with Gasteiger partial charge in [0.1, 0.15) is 5.69 Å². The summed E-state index contributed by atoms with van der Waals surface area (Å²) in [5.74, 6) is -2.03. The van der Waals surface area contributed by atoms with Gasteiger partial charge in [0.2, 0.25) is 10.0 Å². The van der Waals surface area contributed by atoms with Crippen LogP contribution in [0.5, 0.6) is 0 Å². The van der Waals surface area contributed by atoms with E-state index >= 15 is 0 Å². The van der Waals surface area contributed by atoms with E-state index in [1.807, 2.05) is 0 Å². The second-order valence-corrected chi connectivity index (χ2v) is 7.78. The zero-order valence-corrected chi connectivity index (χ0v) is 17.0. The number of primary sulfonamides is 1. The third-order valence-corrected chi connectivity index (χ3v) is 5.06. The Morgan fingerprint density at radius 1 is 1.10 bits per heavy atom. The molecule has 0 saturated heterocycles. The van der Waals surface area contributed by atoms with Gasteiger partial charge < -0.3 is 19.8 Å². The van der Waals surface area contributed by atoms with E-state index in [2.05, 4.69) is 15.0 Å². The van der Waals surface area contributed by atoms with E-state index in [1.54, 1.807) is 13.8 Å². The molecule has 2 aromatic rings. The van der Waals surface area contributed by atoms with Gasteiger partial charge in [0.25, 0.3) is 5.91 Å². The second-order valence-electron chi connectivity index (χ2n) is 6.22. The Hall–Kier alpha value is -3.18. The van der Waals surface area contributed by atoms with Crippen molar-refractivity contribution in [3.63, 3.8) is 0 Å². The van der Waals surface area contributed by atoms with Gasteiger partial charge in [-0.1, -0.05) is 0 Å². The fourth-order valence-electron chi connectivity index (χ4n) is 2.61. The molecule has 0 aliphatic rings. The van der Waals surface area contributed by atoms with E-state index in [4.69, 9.17) is 9.88 Å². The van der Waals surface area contributed by atoms with E-state index < -0.39 is 34.0 Å². The van der Waals surface area contributed by atoms with Crippen LogP contribution < -0.4 is 10.5 Å². The quantitative estimate of drug-likeness (QED) is 0.590. The Kier molecular flexibility index (Phi) is 6.44. The van der Waals surface area contributed by atoms with Crippen molar-refractivity contribution in [1.29, 1.82) is 0 Å². The second kappa shape index (κ2) is 8.45. The normalized spacial score (nSPS) is 12.2. The summed E-state index contributed by atoms with van der Waals surface area (Å²) in [6.45, 7) is 4.54. The standard InChI is InChI=1S/C18H21N3O7S/c1-9-14(17(23)27-4)10(2)20-15(9)18(24)28-11(3)16(22)21-12-5-7-13(8-6-12)29(19,25)26/h5-8,11,20H,1-4H3,(H,21,22)(H2,19,25,26)/t11-/m1/s1. The molecular weight excluding hydrogens is 402 g/mol. The lowest BCUT2D eigenvalue weighted by Crippen LogP contribution is -2.30. The number of sulfonamides is 1. The number of aromatic nitrogens is 1. The summed E-state index contributed by atoms with van der Waals surface area (Å²) in [4.78, 5) is 39.1. The Morgan fingerprint density at radius 2 is 1.69 bits per heavy atom. The smallest absolute Gasteiger partial charge is 0.355 e. The number of carbonyl (C=O) groups is 3. The molecule has 29 heavy (non-hydrogen) atoms. The number of aromatic amines is 1. The summed E-state index contributed by atoms with van der Waals surface area (Å²) in [7, 11) is -2.61. The van der Waals surface area contributed by atoms with Crippen LogP contribution in [0.15, 0.2) is 29.2 Å². The molecular formula is C18H21N3O7S. The molecule has 1 amide bonds. The number of carbonyl (C=O) groups excluding carboxylic acids is 3. The molecule has 0 spiro atoms. The van der Waals surface area contributed by atoms with Crippen molar-refractivity contribution in [3.05, 3.63) is 46.8 Å². The number of nitrogens with two attached hydrogens (primary N) is 1. The number of ether oxygens (including phenoxy) is 2. The van der Waals surface area contributed by atoms with Gasteiger partial charge in [-0.15, -0.1) is 0 Å². The summed E-state index contributed by atoms with van der Waals surface area (Å²) in [6.07, 6.45) is -1.16. The highest BCUT2D eigenvalue weighted by Gasteiger charge is 2.26. The number of hydrogen-bond acceptors (Lipinski definition) is 7. The van der Waals surface area contributed by atoms with Crippen LogP contribution in [0.25, 0.3) is 0 Å².